The van der Waals surface area contributed by atoms with Gasteiger partial charge in [-0.05, 0) is 33.2 Å². The predicted molar refractivity (Wildman–Crippen MR) is 117 cm³/mol. The molecule has 3 saturated heterocycles. The van der Waals surface area contributed by atoms with Gasteiger partial charge in [0.2, 0.25) is 5.91 Å². The topological polar surface area (TPSA) is 48.1 Å². The molecule has 0 radical (unpaired) electrons. The molecule has 3 aliphatic rings. The van der Waals surface area contributed by atoms with E-state index >= 15 is 0 Å². The third-order valence-electron chi connectivity index (χ3n) is 5.67. The average molecular weight is 448 g/mol. The molecule has 3 aliphatic heterocycles. The highest BCUT2D eigenvalue weighted by Crippen LogP contribution is 2.14. The van der Waals surface area contributed by atoms with Crippen LogP contribution in [0.5, 0.6) is 0 Å². The van der Waals surface area contributed by atoms with Gasteiger partial charge in [-0.3, -0.25) is 14.6 Å². The van der Waals surface area contributed by atoms with Crippen LogP contribution in [0.3, 0.4) is 0 Å². The van der Waals surface area contributed by atoms with Crippen LogP contribution in [0.4, 0.5) is 0 Å². The lowest BCUT2D eigenvalue weighted by atomic mass is 10.1. The maximum absolute atomic E-state index is 12.4. The first-order valence-electron chi connectivity index (χ1n) is 9.71. The van der Waals surface area contributed by atoms with Crippen molar-refractivity contribution in [2.45, 2.75) is 51.3 Å². The number of ether oxygens (including phenoxy) is 1. The molecule has 0 aliphatic carbocycles. The fraction of sp³-hybridized carbons (Fsp3) is 0.944. The van der Waals surface area contributed by atoms with Crippen LogP contribution >= 0.6 is 37.2 Å². The lowest BCUT2D eigenvalue weighted by Crippen LogP contribution is -2.54. The highest BCUT2D eigenvalue weighted by atomic mass is 35.5. The van der Waals surface area contributed by atoms with Crippen LogP contribution in [0.2, 0.25) is 0 Å². The molecule has 0 bridgehead atoms. The summed E-state index contributed by atoms with van der Waals surface area (Å²) in [7, 11) is 0. The van der Waals surface area contributed by atoms with E-state index in [9.17, 15) is 4.79 Å². The molecule has 0 aromatic carbocycles. The fourth-order valence-corrected chi connectivity index (χ4v) is 4.06. The Balaban J connectivity index is 0.00000225. The van der Waals surface area contributed by atoms with Crippen molar-refractivity contribution in [1.29, 1.82) is 0 Å². The number of carbonyl (C=O) groups excluding carboxylic acids is 1. The Morgan fingerprint density at radius 1 is 1.11 bits per heavy atom. The van der Waals surface area contributed by atoms with Crippen molar-refractivity contribution in [2.75, 3.05) is 59.0 Å². The highest BCUT2D eigenvalue weighted by molar-refractivity contribution is 5.86. The first-order chi connectivity index (χ1) is 11.6. The molecule has 27 heavy (non-hydrogen) atoms. The van der Waals surface area contributed by atoms with Crippen molar-refractivity contribution in [1.82, 2.24) is 20.0 Å². The summed E-state index contributed by atoms with van der Waals surface area (Å²) >= 11 is 0. The van der Waals surface area contributed by atoms with E-state index in [4.69, 9.17) is 4.74 Å². The summed E-state index contributed by atoms with van der Waals surface area (Å²) in [6.45, 7) is 13.2. The van der Waals surface area contributed by atoms with Crippen LogP contribution in [0, 0.1) is 0 Å². The predicted octanol–water partition coefficient (Wildman–Crippen LogP) is 1.65. The monoisotopic (exact) mass is 446 g/mol. The van der Waals surface area contributed by atoms with E-state index in [1.807, 2.05) is 0 Å². The molecule has 3 rings (SSSR count). The zero-order chi connectivity index (χ0) is 16.9. The summed E-state index contributed by atoms with van der Waals surface area (Å²) in [5.41, 5.74) is 0. The Bertz CT molecular complexity index is 417. The summed E-state index contributed by atoms with van der Waals surface area (Å²) in [5, 5.41) is 3.42. The van der Waals surface area contributed by atoms with Gasteiger partial charge in [0.25, 0.3) is 0 Å². The second-order valence-electron chi connectivity index (χ2n) is 7.76. The number of piperazine rings is 1. The van der Waals surface area contributed by atoms with Crippen molar-refractivity contribution in [3.05, 3.63) is 0 Å². The van der Waals surface area contributed by atoms with Crippen molar-refractivity contribution in [2.24, 2.45) is 0 Å². The van der Waals surface area contributed by atoms with Gasteiger partial charge in [0.15, 0.2) is 0 Å². The summed E-state index contributed by atoms with van der Waals surface area (Å²) in [6, 6.07) is 1.00. The van der Waals surface area contributed by atoms with Crippen LogP contribution in [-0.2, 0) is 9.53 Å². The minimum Gasteiger partial charge on any atom is -0.374 e. The van der Waals surface area contributed by atoms with E-state index in [-0.39, 0.29) is 37.2 Å². The van der Waals surface area contributed by atoms with E-state index < -0.39 is 0 Å². The number of hydrogen-bond acceptors (Lipinski definition) is 5. The van der Waals surface area contributed by atoms with E-state index in [0.717, 1.165) is 65.4 Å². The van der Waals surface area contributed by atoms with E-state index in [1.54, 1.807) is 0 Å². The molecule has 0 aromatic heterocycles. The standard InChI is InChI=1S/C18H34N4O2.3ClH/c1-15(2)22-10-11-24-17(14-22)13-20-6-8-21(9-7-20)18(23)12-16-4-3-5-19-16;;;/h15-17,19H,3-14H2,1-2H3;3*1H. The Morgan fingerprint density at radius 3 is 2.41 bits per heavy atom. The van der Waals surface area contributed by atoms with Gasteiger partial charge in [-0.15, -0.1) is 37.2 Å². The Morgan fingerprint density at radius 2 is 1.81 bits per heavy atom. The van der Waals surface area contributed by atoms with Gasteiger partial charge in [-0.1, -0.05) is 0 Å². The van der Waals surface area contributed by atoms with E-state index in [0.29, 0.717) is 30.5 Å². The minimum absolute atomic E-state index is 0. The normalized spacial score (nSPS) is 26.9. The molecule has 1 N–H and O–H groups in total. The van der Waals surface area contributed by atoms with E-state index in [1.165, 1.54) is 6.42 Å². The molecular weight excluding hydrogens is 411 g/mol. The average Bonchev–Trinajstić information content (AvgIpc) is 3.08. The van der Waals surface area contributed by atoms with Gasteiger partial charge in [-0.25, -0.2) is 0 Å². The summed E-state index contributed by atoms with van der Waals surface area (Å²) < 4.78 is 5.95. The Labute approximate surface area is 182 Å². The number of morpholine rings is 1. The molecule has 6 nitrogen and oxygen atoms in total. The summed E-state index contributed by atoms with van der Waals surface area (Å²) in [6.07, 6.45) is 3.35. The van der Waals surface area contributed by atoms with Crippen molar-refractivity contribution in [3.8, 4) is 0 Å². The lowest BCUT2D eigenvalue weighted by molar-refractivity contribution is -0.133. The second-order valence-corrected chi connectivity index (χ2v) is 7.76. The molecule has 0 saturated carbocycles. The van der Waals surface area contributed by atoms with Crippen molar-refractivity contribution in [3.63, 3.8) is 0 Å². The summed E-state index contributed by atoms with van der Waals surface area (Å²) in [4.78, 5) is 19.4. The number of nitrogens with zero attached hydrogens (tertiary/aromatic N) is 3. The maximum atomic E-state index is 12.4. The number of halogens is 3. The third-order valence-corrected chi connectivity index (χ3v) is 5.67. The zero-order valence-electron chi connectivity index (χ0n) is 16.6. The Hall–Kier alpha value is 0.180. The Kier molecular flexibility index (Phi) is 13.5. The molecule has 3 heterocycles. The molecule has 2 unspecified atom stereocenters. The molecular formula is C18H37Cl3N4O2. The molecule has 0 spiro atoms. The summed E-state index contributed by atoms with van der Waals surface area (Å²) in [5.74, 6) is 0.328. The largest absolute Gasteiger partial charge is 0.374 e. The minimum atomic E-state index is 0. The molecule has 9 heteroatoms. The molecule has 0 aromatic rings. The van der Waals surface area contributed by atoms with Gasteiger partial charge in [0.05, 0.1) is 12.7 Å². The number of carbonyl (C=O) groups is 1. The number of rotatable bonds is 5. The van der Waals surface area contributed by atoms with Gasteiger partial charge in [0.1, 0.15) is 0 Å². The van der Waals surface area contributed by atoms with Crippen molar-refractivity contribution < 1.29 is 9.53 Å². The van der Waals surface area contributed by atoms with Crippen LogP contribution in [0.25, 0.3) is 0 Å². The van der Waals surface area contributed by atoms with E-state index in [2.05, 4.69) is 33.9 Å². The lowest BCUT2D eigenvalue weighted by Gasteiger charge is -2.40. The number of amides is 1. The molecule has 2 atom stereocenters. The molecule has 3 fully saturated rings. The molecule has 162 valence electrons. The van der Waals surface area contributed by atoms with Crippen molar-refractivity contribution >= 4 is 43.1 Å². The number of hydrogen-bond donors (Lipinski definition) is 1. The van der Waals surface area contributed by atoms with Crippen LogP contribution in [-0.4, -0.2) is 97.8 Å². The zero-order valence-corrected chi connectivity index (χ0v) is 19.0. The molecule has 1 amide bonds. The second kappa shape index (κ2) is 13.4. The third kappa shape index (κ3) is 8.21. The highest BCUT2D eigenvalue weighted by Gasteiger charge is 2.28. The van der Waals surface area contributed by atoms with Crippen LogP contribution in [0.1, 0.15) is 33.1 Å². The number of nitrogens with one attached hydrogen (secondary N) is 1. The van der Waals surface area contributed by atoms with Gasteiger partial charge < -0.3 is 15.0 Å². The fourth-order valence-electron chi connectivity index (χ4n) is 4.06. The SMILES string of the molecule is CC(C)N1CCOC(CN2CCN(C(=O)CC3CCCN3)CC2)C1.Cl.Cl.Cl. The van der Waals surface area contributed by atoms with Gasteiger partial charge in [-0.2, -0.15) is 0 Å². The quantitative estimate of drug-likeness (QED) is 0.694. The van der Waals surface area contributed by atoms with Crippen LogP contribution < -0.4 is 5.32 Å². The smallest absolute Gasteiger partial charge is 0.224 e. The maximum Gasteiger partial charge on any atom is 0.224 e. The first-order valence-corrected chi connectivity index (χ1v) is 9.71. The van der Waals surface area contributed by atoms with Gasteiger partial charge >= 0.3 is 0 Å². The first kappa shape index (κ1) is 27.2. The van der Waals surface area contributed by atoms with Crippen LogP contribution in [0.15, 0.2) is 0 Å². The van der Waals surface area contributed by atoms with Gasteiger partial charge in [0, 0.05) is 64.3 Å².